The van der Waals surface area contributed by atoms with Gasteiger partial charge in [0.1, 0.15) is 11.6 Å². The summed E-state index contributed by atoms with van der Waals surface area (Å²) in [5, 5.41) is 3.30. The number of likely N-dealkylation sites (tertiary alicyclic amines) is 1. The number of nitrogens with one attached hydrogen (secondary N) is 1. The first kappa shape index (κ1) is 21.0. The van der Waals surface area contributed by atoms with Crippen molar-refractivity contribution in [2.45, 2.75) is 55.4 Å². The van der Waals surface area contributed by atoms with Gasteiger partial charge in [-0.2, -0.15) is 0 Å². The summed E-state index contributed by atoms with van der Waals surface area (Å²) in [6.07, 6.45) is 4.43. The Morgan fingerprint density at radius 1 is 1.12 bits per heavy atom. The van der Waals surface area contributed by atoms with Crippen LogP contribution in [0.5, 0.6) is 5.75 Å². The number of hydrogen-bond acceptors (Lipinski definition) is 3. The molecule has 2 saturated heterocycles. The Morgan fingerprint density at radius 2 is 1.94 bits per heavy atom. The molecule has 168 valence electrons. The molecular formula is C26H29FN2O3. The van der Waals surface area contributed by atoms with Crippen molar-refractivity contribution < 1.29 is 18.7 Å². The van der Waals surface area contributed by atoms with Crippen LogP contribution in [0.2, 0.25) is 0 Å². The average molecular weight is 437 g/mol. The van der Waals surface area contributed by atoms with Gasteiger partial charge in [0.2, 0.25) is 11.8 Å². The third-order valence-electron chi connectivity index (χ3n) is 7.54. The molecule has 2 heterocycles. The van der Waals surface area contributed by atoms with E-state index in [-0.39, 0.29) is 23.5 Å². The topological polar surface area (TPSA) is 58.6 Å². The summed E-state index contributed by atoms with van der Waals surface area (Å²) in [5.74, 6) is 0.414. The maximum absolute atomic E-state index is 14.6. The summed E-state index contributed by atoms with van der Waals surface area (Å²) >= 11 is 0. The fraction of sp³-hybridized carbons (Fsp3) is 0.462. The highest BCUT2D eigenvalue weighted by Crippen LogP contribution is 2.52. The van der Waals surface area contributed by atoms with E-state index in [4.69, 9.17) is 4.74 Å². The highest BCUT2D eigenvalue weighted by Gasteiger charge is 2.58. The van der Waals surface area contributed by atoms with E-state index < -0.39 is 11.0 Å². The predicted octanol–water partition coefficient (Wildman–Crippen LogP) is 3.92. The molecule has 1 aliphatic carbocycles. The first-order chi connectivity index (χ1) is 15.5. The van der Waals surface area contributed by atoms with Gasteiger partial charge in [0.25, 0.3) is 0 Å². The molecule has 0 unspecified atom stereocenters. The van der Waals surface area contributed by atoms with Crippen molar-refractivity contribution in [2.24, 2.45) is 0 Å². The molecule has 32 heavy (non-hydrogen) atoms. The van der Waals surface area contributed by atoms with Crippen molar-refractivity contribution in [3.05, 3.63) is 65.5 Å². The summed E-state index contributed by atoms with van der Waals surface area (Å²) in [4.78, 5) is 28.3. The van der Waals surface area contributed by atoms with Gasteiger partial charge in [-0.15, -0.1) is 0 Å². The van der Waals surface area contributed by atoms with Crippen molar-refractivity contribution in [1.29, 1.82) is 0 Å². The molecule has 1 saturated carbocycles. The van der Waals surface area contributed by atoms with Gasteiger partial charge in [-0.3, -0.25) is 9.59 Å². The zero-order valence-corrected chi connectivity index (χ0v) is 18.4. The lowest BCUT2D eigenvalue weighted by Crippen LogP contribution is -2.53. The minimum atomic E-state index is -0.773. The largest absolute Gasteiger partial charge is 0.497 e. The van der Waals surface area contributed by atoms with E-state index in [9.17, 15) is 14.0 Å². The zero-order valence-electron chi connectivity index (χ0n) is 18.4. The summed E-state index contributed by atoms with van der Waals surface area (Å²) in [5.41, 5.74) is 0.261. The molecular weight excluding hydrogens is 407 g/mol. The lowest BCUT2D eigenvalue weighted by molar-refractivity contribution is -0.133. The molecule has 5 nitrogen and oxygen atoms in total. The summed E-state index contributed by atoms with van der Waals surface area (Å²) in [6.45, 7) is 0.956. The van der Waals surface area contributed by atoms with Gasteiger partial charge < -0.3 is 15.0 Å². The minimum absolute atomic E-state index is 0.0223. The van der Waals surface area contributed by atoms with Crippen LogP contribution in [0.1, 0.15) is 55.6 Å². The monoisotopic (exact) mass is 436 g/mol. The number of ether oxygens (including phenoxy) is 1. The number of carbonyl (C=O) groups is 2. The first-order valence-electron chi connectivity index (χ1n) is 11.5. The number of halogens is 1. The molecule has 0 bridgehead atoms. The standard InChI is InChI=1S/C26H29FN2O3/c1-32-19-8-6-7-18(15-19)21-16-29(17-26(21)12-5-4-11-23(30)28-26)24(31)25(13-14-25)20-9-2-3-10-22(20)27/h2-3,6-10,15,21H,4-5,11-14,16-17H2,1H3,(H,28,30)/t21-,26+/m0/s1. The summed E-state index contributed by atoms with van der Waals surface area (Å²) in [7, 11) is 1.64. The number of amides is 2. The van der Waals surface area contributed by atoms with Crippen LogP contribution in [0, 0.1) is 5.82 Å². The van der Waals surface area contributed by atoms with Crippen LogP contribution in [0.4, 0.5) is 4.39 Å². The number of hydrogen-bond donors (Lipinski definition) is 1. The van der Waals surface area contributed by atoms with Crippen LogP contribution in [0.15, 0.2) is 48.5 Å². The number of carbonyl (C=O) groups excluding carboxylic acids is 2. The molecule has 0 aromatic heterocycles. The second-order valence-electron chi connectivity index (χ2n) is 9.49. The van der Waals surface area contributed by atoms with Gasteiger partial charge in [0.05, 0.1) is 18.1 Å². The summed E-state index contributed by atoms with van der Waals surface area (Å²) in [6, 6.07) is 14.5. The van der Waals surface area contributed by atoms with Crippen LogP contribution in [0.25, 0.3) is 0 Å². The highest BCUT2D eigenvalue weighted by molar-refractivity contribution is 5.92. The van der Waals surface area contributed by atoms with Crippen LogP contribution >= 0.6 is 0 Å². The van der Waals surface area contributed by atoms with Crippen LogP contribution in [-0.4, -0.2) is 42.5 Å². The lowest BCUT2D eigenvalue weighted by Gasteiger charge is -2.35. The molecule has 2 aromatic rings. The number of nitrogens with zero attached hydrogens (tertiary/aromatic N) is 1. The molecule has 3 fully saturated rings. The number of benzene rings is 2. The van der Waals surface area contributed by atoms with Gasteiger partial charge in [-0.05, 0) is 49.4 Å². The number of methoxy groups -OCH3 is 1. The molecule has 0 radical (unpaired) electrons. The summed E-state index contributed by atoms with van der Waals surface area (Å²) < 4.78 is 20.0. The van der Waals surface area contributed by atoms with Gasteiger partial charge in [0.15, 0.2) is 0 Å². The van der Waals surface area contributed by atoms with Crippen molar-refractivity contribution in [3.63, 3.8) is 0 Å². The van der Waals surface area contributed by atoms with Crippen molar-refractivity contribution in [3.8, 4) is 5.75 Å². The van der Waals surface area contributed by atoms with E-state index in [1.54, 1.807) is 25.3 Å². The maximum Gasteiger partial charge on any atom is 0.233 e. The Balaban J connectivity index is 1.51. The van der Waals surface area contributed by atoms with E-state index in [1.165, 1.54) is 6.07 Å². The molecule has 3 aliphatic rings. The molecule has 1 spiro atoms. The Hall–Kier alpha value is -2.89. The zero-order chi connectivity index (χ0) is 22.3. The Kier molecular flexibility index (Phi) is 5.19. The number of rotatable bonds is 4. The fourth-order valence-electron chi connectivity index (χ4n) is 5.73. The van der Waals surface area contributed by atoms with Gasteiger partial charge >= 0.3 is 0 Å². The van der Waals surface area contributed by atoms with Gasteiger partial charge in [0, 0.05) is 31.0 Å². The Morgan fingerprint density at radius 3 is 2.69 bits per heavy atom. The molecule has 1 N–H and O–H groups in total. The molecule has 2 atom stereocenters. The smallest absolute Gasteiger partial charge is 0.233 e. The second-order valence-corrected chi connectivity index (χ2v) is 9.49. The predicted molar refractivity (Wildman–Crippen MR) is 119 cm³/mol. The van der Waals surface area contributed by atoms with Crippen molar-refractivity contribution in [2.75, 3.05) is 20.2 Å². The van der Waals surface area contributed by atoms with E-state index >= 15 is 0 Å². The Bertz CT molecular complexity index is 1050. The average Bonchev–Trinajstić information content (AvgIpc) is 3.55. The third-order valence-corrected chi connectivity index (χ3v) is 7.54. The maximum atomic E-state index is 14.6. The SMILES string of the molecule is COc1cccc([C@@H]2CN(C(=O)C3(c4ccccc4F)CC3)C[C@]23CCCCC(=O)N3)c1. The van der Waals surface area contributed by atoms with Crippen molar-refractivity contribution in [1.82, 2.24) is 10.2 Å². The van der Waals surface area contributed by atoms with E-state index in [0.717, 1.165) is 30.6 Å². The second kappa shape index (κ2) is 7.91. The van der Waals surface area contributed by atoms with Crippen LogP contribution in [0.3, 0.4) is 0 Å². The first-order valence-corrected chi connectivity index (χ1v) is 11.5. The van der Waals surface area contributed by atoms with E-state index in [0.29, 0.717) is 37.9 Å². The van der Waals surface area contributed by atoms with Gasteiger partial charge in [-0.25, -0.2) is 4.39 Å². The third kappa shape index (κ3) is 3.46. The highest BCUT2D eigenvalue weighted by atomic mass is 19.1. The Labute approximate surface area is 187 Å². The quantitative estimate of drug-likeness (QED) is 0.790. The molecule has 2 aliphatic heterocycles. The molecule has 5 rings (SSSR count). The van der Waals surface area contributed by atoms with Crippen LogP contribution < -0.4 is 10.1 Å². The van der Waals surface area contributed by atoms with E-state index in [2.05, 4.69) is 5.32 Å². The molecule has 2 amide bonds. The van der Waals surface area contributed by atoms with Crippen molar-refractivity contribution >= 4 is 11.8 Å². The van der Waals surface area contributed by atoms with Crippen LogP contribution in [-0.2, 0) is 15.0 Å². The van der Waals surface area contributed by atoms with E-state index in [1.807, 2.05) is 29.2 Å². The lowest BCUT2D eigenvalue weighted by atomic mass is 9.79. The van der Waals surface area contributed by atoms with Gasteiger partial charge in [-0.1, -0.05) is 36.8 Å². The molecule has 2 aromatic carbocycles. The normalized spacial score (nSPS) is 26.5. The molecule has 6 heteroatoms. The fourth-order valence-corrected chi connectivity index (χ4v) is 5.73. The minimum Gasteiger partial charge on any atom is -0.497 e.